The van der Waals surface area contributed by atoms with Crippen LogP contribution in [0.4, 0.5) is 11.4 Å². The van der Waals surface area contributed by atoms with Gasteiger partial charge >= 0.3 is 0 Å². The molecule has 0 aliphatic rings. The second-order valence-corrected chi connectivity index (χ2v) is 8.20. The van der Waals surface area contributed by atoms with Crippen molar-refractivity contribution in [2.75, 3.05) is 17.7 Å². The van der Waals surface area contributed by atoms with Gasteiger partial charge in [0.15, 0.2) is 11.5 Å². The molecule has 0 atom stereocenters. The van der Waals surface area contributed by atoms with Crippen LogP contribution in [0.2, 0.25) is 0 Å². The summed E-state index contributed by atoms with van der Waals surface area (Å²) in [6.45, 7) is 8.62. The van der Waals surface area contributed by atoms with Gasteiger partial charge in [0, 0.05) is 28.8 Å². The number of carbonyl (C=O) groups is 1. The number of nitrogens with one attached hydrogen (secondary N) is 2. The number of halogens is 1. The molecule has 0 saturated heterocycles. The molecule has 0 unspecified atom stereocenters. The molecular weight excluding hydrogens is 420 g/mol. The molecule has 0 aliphatic heterocycles. The number of anilines is 2. The molecule has 6 heteroatoms. The molecule has 0 aromatic heterocycles. The van der Waals surface area contributed by atoms with Crippen LogP contribution in [0.15, 0.2) is 40.9 Å². The lowest BCUT2D eigenvalue weighted by molar-refractivity contribution is -0.116. The van der Waals surface area contributed by atoms with Crippen molar-refractivity contribution in [1.29, 1.82) is 0 Å². The van der Waals surface area contributed by atoms with E-state index in [2.05, 4.69) is 26.6 Å². The van der Waals surface area contributed by atoms with Gasteiger partial charge in [-0.1, -0.05) is 35.8 Å². The highest BCUT2D eigenvalue weighted by atomic mass is 79.9. The Labute approximate surface area is 175 Å². The topological polar surface area (TPSA) is 59.6 Å². The zero-order valence-corrected chi connectivity index (χ0v) is 18.7. The lowest BCUT2D eigenvalue weighted by Gasteiger charge is -2.17. The minimum atomic E-state index is 0.0281. The van der Waals surface area contributed by atoms with Crippen molar-refractivity contribution in [3.63, 3.8) is 0 Å². The molecule has 2 aromatic rings. The van der Waals surface area contributed by atoms with E-state index in [0.29, 0.717) is 30.4 Å². The smallest absolute Gasteiger partial charge is 0.224 e. The minimum absolute atomic E-state index is 0.0281. The molecule has 28 heavy (non-hydrogen) atoms. The van der Waals surface area contributed by atoms with E-state index in [4.69, 9.17) is 9.47 Å². The van der Waals surface area contributed by atoms with E-state index in [1.807, 2.05) is 64.1 Å². The van der Waals surface area contributed by atoms with Gasteiger partial charge in [-0.05, 0) is 55.7 Å². The number of methoxy groups -OCH3 is 1. The van der Waals surface area contributed by atoms with Crippen LogP contribution in [0.5, 0.6) is 11.5 Å². The average Bonchev–Trinajstić information content (AvgIpc) is 2.60. The number of ether oxygens (including phenoxy) is 2. The molecule has 0 radical (unpaired) electrons. The van der Waals surface area contributed by atoms with Gasteiger partial charge in [-0.2, -0.15) is 0 Å². The predicted molar refractivity (Wildman–Crippen MR) is 118 cm³/mol. The Balaban J connectivity index is 2.07. The van der Waals surface area contributed by atoms with Crippen molar-refractivity contribution < 1.29 is 14.3 Å². The number of hydrogen-bond acceptors (Lipinski definition) is 4. The summed E-state index contributed by atoms with van der Waals surface area (Å²) in [5.41, 5.74) is 2.76. The number of carbonyl (C=O) groups excluding carboxylic acids is 1. The summed E-state index contributed by atoms with van der Waals surface area (Å²) < 4.78 is 12.2. The summed E-state index contributed by atoms with van der Waals surface area (Å²) in [6.07, 6.45) is 0.577. The third-order valence-corrected chi connectivity index (χ3v) is 4.66. The fraction of sp³-hybridized carbons (Fsp3) is 0.409. The molecule has 0 saturated carbocycles. The van der Waals surface area contributed by atoms with Crippen molar-refractivity contribution in [3.8, 4) is 11.5 Å². The van der Waals surface area contributed by atoms with Gasteiger partial charge in [0.1, 0.15) is 0 Å². The van der Waals surface area contributed by atoms with Crippen molar-refractivity contribution in [1.82, 2.24) is 0 Å². The van der Waals surface area contributed by atoms with E-state index in [1.54, 1.807) is 7.11 Å². The van der Waals surface area contributed by atoms with Crippen LogP contribution >= 0.6 is 15.9 Å². The molecule has 152 valence electrons. The SMILES string of the molecule is COc1cc(CNc2cccc(NC(=O)CC(C)C)c2)c(Br)cc1OC(C)C. The van der Waals surface area contributed by atoms with Gasteiger partial charge in [0.2, 0.25) is 5.91 Å². The highest BCUT2D eigenvalue weighted by Crippen LogP contribution is 2.34. The lowest BCUT2D eigenvalue weighted by Crippen LogP contribution is -2.14. The van der Waals surface area contributed by atoms with E-state index in [9.17, 15) is 4.79 Å². The Morgan fingerprint density at radius 2 is 1.79 bits per heavy atom. The van der Waals surface area contributed by atoms with Gasteiger partial charge in [-0.15, -0.1) is 0 Å². The summed E-state index contributed by atoms with van der Waals surface area (Å²) in [7, 11) is 1.64. The van der Waals surface area contributed by atoms with Crippen LogP contribution in [0.25, 0.3) is 0 Å². The molecule has 2 rings (SSSR count). The predicted octanol–water partition coefficient (Wildman–Crippen LogP) is 5.84. The molecule has 2 N–H and O–H groups in total. The third-order valence-electron chi connectivity index (χ3n) is 3.92. The van der Waals surface area contributed by atoms with Crippen LogP contribution in [0, 0.1) is 5.92 Å². The lowest BCUT2D eigenvalue weighted by atomic mass is 10.1. The molecule has 0 bridgehead atoms. The summed E-state index contributed by atoms with van der Waals surface area (Å²) in [6, 6.07) is 11.6. The molecule has 2 aromatic carbocycles. The Morgan fingerprint density at radius 1 is 1.07 bits per heavy atom. The number of rotatable bonds is 9. The van der Waals surface area contributed by atoms with Gasteiger partial charge < -0.3 is 20.1 Å². The Bertz CT molecular complexity index is 806. The maximum Gasteiger partial charge on any atom is 0.224 e. The molecule has 0 fully saturated rings. The summed E-state index contributed by atoms with van der Waals surface area (Å²) >= 11 is 3.61. The van der Waals surface area contributed by atoms with Crippen molar-refractivity contribution >= 4 is 33.2 Å². The molecule has 5 nitrogen and oxygen atoms in total. The molecule has 0 spiro atoms. The maximum atomic E-state index is 12.0. The fourth-order valence-corrected chi connectivity index (χ4v) is 3.17. The van der Waals surface area contributed by atoms with Gasteiger partial charge in [0.25, 0.3) is 0 Å². The van der Waals surface area contributed by atoms with E-state index >= 15 is 0 Å². The Hall–Kier alpha value is -2.21. The highest BCUT2D eigenvalue weighted by Gasteiger charge is 2.12. The first kappa shape index (κ1) is 22.1. The first-order valence-corrected chi connectivity index (χ1v) is 10.2. The van der Waals surface area contributed by atoms with Gasteiger partial charge in [0.05, 0.1) is 13.2 Å². The van der Waals surface area contributed by atoms with Crippen LogP contribution in [-0.2, 0) is 11.3 Å². The van der Waals surface area contributed by atoms with Crippen molar-refractivity contribution in [2.45, 2.75) is 46.8 Å². The summed E-state index contributed by atoms with van der Waals surface area (Å²) in [5.74, 6) is 1.77. The number of hydrogen-bond donors (Lipinski definition) is 2. The second kappa shape index (κ2) is 10.4. The zero-order valence-electron chi connectivity index (χ0n) is 17.1. The Morgan fingerprint density at radius 3 is 2.43 bits per heavy atom. The van der Waals surface area contributed by atoms with Crippen molar-refractivity contribution in [3.05, 3.63) is 46.4 Å². The maximum absolute atomic E-state index is 12.0. The molecule has 1 amide bonds. The normalized spacial score (nSPS) is 10.9. The number of amides is 1. The highest BCUT2D eigenvalue weighted by molar-refractivity contribution is 9.10. The average molecular weight is 449 g/mol. The van der Waals surface area contributed by atoms with Crippen LogP contribution in [-0.4, -0.2) is 19.1 Å². The minimum Gasteiger partial charge on any atom is -0.493 e. The molecule has 0 aliphatic carbocycles. The quantitative estimate of drug-likeness (QED) is 0.505. The number of benzene rings is 2. The van der Waals surface area contributed by atoms with Gasteiger partial charge in [-0.25, -0.2) is 0 Å². The first-order chi connectivity index (χ1) is 13.3. The Kier molecular flexibility index (Phi) is 8.18. The van der Waals surface area contributed by atoms with Crippen LogP contribution in [0.3, 0.4) is 0 Å². The van der Waals surface area contributed by atoms with Crippen molar-refractivity contribution in [2.24, 2.45) is 5.92 Å². The summed E-state index contributed by atoms with van der Waals surface area (Å²) in [4.78, 5) is 12.0. The fourth-order valence-electron chi connectivity index (χ4n) is 2.71. The molecular formula is C22H29BrN2O3. The van der Waals surface area contributed by atoms with E-state index in [-0.39, 0.29) is 12.0 Å². The zero-order chi connectivity index (χ0) is 20.7. The monoisotopic (exact) mass is 448 g/mol. The standard InChI is InChI=1S/C22H29BrN2O3/c1-14(2)9-22(26)25-18-8-6-7-17(11-18)24-13-16-10-20(27-5)21(12-19(16)23)28-15(3)4/h6-8,10-12,14-15,24H,9,13H2,1-5H3,(H,25,26). The van der Waals surface area contributed by atoms with Crippen LogP contribution < -0.4 is 20.1 Å². The first-order valence-electron chi connectivity index (χ1n) is 9.45. The third kappa shape index (κ3) is 6.75. The second-order valence-electron chi connectivity index (χ2n) is 7.34. The largest absolute Gasteiger partial charge is 0.493 e. The van der Waals surface area contributed by atoms with Crippen LogP contribution in [0.1, 0.15) is 39.7 Å². The van der Waals surface area contributed by atoms with E-state index in [1.165, 1.54) is 0 Å². The van der Waals surface area contributed by atoms with E-state index < -0.39 is 0 Å². The van der Waals surface area contributed by atoms with Gasteiger partial charge in [-0.3, -0.25) is 4.79 Å². The summed E-state index contributed by atoms with van der Waals surface area (Å²) in [5, 5.41) is 6.33. The molecule has 0 heterocycles. The van der Waals surface area contributed by atoms with E-state index in [0.717, 1.165) is 21.4 Å².